The number of hydrogen-bond acceptors (Lipinski definition) is 3. The summed E-state index contributed by atoms with van der Waals surface area (Å²) >= 11 is 0. The molecule has 0 saturated heterocycles. The Morgan fingerprint density at radius 2 is 2.45 bits per heavy atom. The fraction of sp³-hybridized carbons (Fsp3) is 0.250. The predicted molar refractivity (Wildman–Crippen MR) is 40.8 cm³/mol. The van der Waals surface area contributed by atoms with Gasteiger partial charge in [-0.15, -0.1) is 0 Å². The molecule has 0 saturated carbocycles. The van der Waals surface area contributed by atoms with Crippen LogP contribution in [0.4, 0.5) is 0 Å². The number of nitrogens with zero attached hydrogens (tertiary/aromatic N) is 1. The van der Waals surface area contributed by atoms with Gasteiger partial charge in [0.05, 0.1) is 0 Å². The van der Waals surface area contributed by atoms with Gasteiger partial charge in [0.25, 0.3) is 0 Å². The van der Waals surface area contributed by atoms with E-state index in [1.54, 1.807) is 6.07 Å². The molecular weight excluding hydrogens is 142 g/mol. The van der Waals surface area contributed by atoms with Crippen molar-refractivity contribution in [1.82, 2.24) is 5.16 Å². The van der Waals surface area contributed by atoms with Gasteiger partial charge in [-0.25, -0.2) is 0 Å². The summed E-state index contributed by atoms with van der Waals surface area (Å²) in [4.78, 5) is 9.90. The molecule has 0 unspecified atom stereocenters. The first-order valence-corrected chi connectivity index (χ1v) is 3.44. The highest BCUT2D eigenvalue weighted by Crippen LogP contribution is 1.98. The van der Waals surface area contributed by atoms with Crippen molar-refractivity contribution in [2.45, 2.75) is 12.8 Å². The van der Waals surface area contributed by atoms with E-state index in [4.69, 9.17) is 0 Å². The van der Waals surface area contributed by atoms with E-state index in [1.165, 1.54) is 6.26 Å². The van der Waals surface area contributed by atoms with Gasteiger partial charge in [-0.2, -0.15) is 0 Å². The number of aldehydes is 1. The molecule has 0 aromatic carbocycles. The SMILES string of the molecule is O=CCCC=Cc1ccon1. The third kappa shape index (κ3) is 2.80. The van der Waals surface area contributed by atoms with E-state index in [2.05, 4.69) is 9.68 Å². The lowest BCUT2D eigenvalue weighted by Gasteiger charge is -1.80. The smallest absolute Gasteiger partial charge is 0.124 e. The van der Waals surface area contributed by atoms with Gasteiger partial charge in [0.2, 0.25) is 0 Å². The highest BCUT2D eigenvalue weighted by Gasteiger charge is 1.86. The molecule has 0 aliphatic rings. The number of carbonyl (C=O) groups is 1. The van der Waals surface area contributed by atoms with Crippen molar-refractivity contribution in [2.75, 3.05) is 0 Å². The topological polar surface area (TPSA) is 43.1 Å². The second kappa shape index (κ2) is 4.44. The monoisotopic (exact) mass is 151 g/mol. The van der Waals surface area contributed by atoms with E-state index >= 15 is 0 Å². The zero-order valence-corrected chi connectivity index (χ0v) is 6.06. The summed E-state index contributed by atoms with van der Waals surface area (Å²) < 4.78 is 4.60. The Kier molecular flexibility index (Phi) is 3.12. The van der Waals surface area contributed by atoms with E-state index in [-0.39, 0.29) is 0 Å². The lowest BCUT2D eigenvalue weighted by atomic mass is 10.3. The van der Waals surface area contributed by atoms with Crippen LogP contribution in [0.2, 0.25) is 0 Å². The maximum atomic E-state index is 9.90. The second-order valence-corrected chi connectivity index (χ2v) is 2.07. The van der Waals surface area contributed by atoms with Crippen molar-refractivity contribution in [1.29, 1.82) is 0 Å². The molecule has 0 bridgehead atoms. The highest BCUT2D eigenvalue weighted by molar-refractivity contribution is 5.50. The fourth-order valence-electron chi connectivity index (χ4n) is 0.676. The maximum absolute atomic E-state index is 9.90. The summed E-state index contributed by atoms with van der Waals surface area (Å²) in [6.45, 7) is 0. The molecule has 0 aliphatic heterocycles. The zero-order valence-electron chi connectivity index (χ0n) is 6.06. The van der Waals surface area contributed by atoms with Crippen LogP contribution < -0.4 is 0 Å². The Hall–Kier alpha value is -1.38. The molecule has 0 radical (unpaired) electrons. The molecule has 3 heteroatoms. The van der Waals surface area contributed by atoms with E-state index < -0.39 is 0 Å². The van der Waals surface area contributed by atoms with E-state index in [0.29, 0.717) is 6.42 Å². The summed E-state index contributed by atoms with van der Waals surface area (Å²) in [7, 11) is 0. The average molecular weight is 151 g/mol. The average Bonchev–Trinajstić information content (AvgIpc) is 2.50. The van der Waals surface area contributed by atoms with Gasteiger partial charge in [0.15, 0.2) is 0 Å². The van der Waals surface area contributed by atoms with Crippen molar-refractivity contribution in [3.05, 3.63) is 24.1 Å². The first-order chi connectivity index (χ1) is 5.43. The van der Waals surface area contributed by atoms with Crippen LogP contribution in [-0.2, 0) is 4.79 Å². The summed E-state index contributed by atoms with van der Waals surface area (Å²) in [5.74, 6) is 0. The molecule has 0 atom stereocenters. The standard InChI is InChI=1S/C8H9NO2/c10-6-3-1-2-4-8-5-7-11-9-8/h2,4-7H,1,3H2. The molecule has 11 heavy (non-hydrogen) atoms. The Morgan fingerprint density at radius 1 is 1.55 bits per heavy atom. The Labute approximate surface area is 64.7 Å². The Balaban J connectivity index is 2.31. The summed E-state index contributed by atoms with van der Waals surface area (Å²) in [6.07, 6.45) is 7.45. The minimum absolute atomic E-state index is 0.564. The quantitative estimate of drug-likeness (QED) is 0.485. The van der Waals surface area contributed by atoms with Crippen LogP contribution in [0.25, 0.3) is 6.08 Å². The van der Waals surface area contributed by atoms with Crippen LogP contribution in [-0.4, -0.2) is 11.4 Å². The molecule has 0 N–H and O–H groups in total. The molecule has 0 fully saturated rings. The molecule has 1 rings (SSSR count). The summed E-state index contributed by atoms with van der Waals surface area (Å²) in [6, 6.07) is 1.76. The van der Waals surface area contributed by atoms with Gasteiger partial charge < -0.3 is 9.32 Å². The van der Waals surface area contributed by atoms with Crippen LogP contribution in [0.1, 0.15) is 18.5 Å². The van der Waals surface area contributed by atoms with Crippen LogP contribution in [0.5, 0.6) is 0 Å². The van der Waals surface area contributed by atoms with E-state index in [9.17, 15) is 4.79 Å². The molecule has 1 heterocycles. The van der Waals surface area contributed by atoms with Gasteiger partial charge in [-0.1, -0.05) is 11.2 Å². The number of rotatable bonds is 4. The van der Waals surface area contributed by atoms with E-state index in [0.717, 1.165) is 18.4 Å². The molecule has 0 spiro atoms. The lowest BCUT2D eigenvalue weighted by Crippen LogP contribution is -1.71. The molecule has 1 aromatic heterocycles. The molecule has 58 valence electrons. The number of aromatic nitrogens is 1. The third-order valence-electron chi connectivity index (χ3n) is 1.20. The second-order valence-electron chi connectivity index (χ2n) is 2.07. The van der Waals surface area contributed by atoms with Crippen molar-refractivity contribution in [3.63, 3.8) is 0 Å². The highest BCUT2D eigenvalue weighted by atomic mass is 16.5. The van der Waals surface area contributed by atoms with Crippen LogP contribution in [0.3, 0.4) is 0 Å². The lowest BCUT2D eigenvalue weighted by molar-refractivity contribution is -0.107. The van der Waals surface area contributed by atoms with Gasteiger partial charge in [-0.3, -0.25) is 0 Å². The molecule has 3 nitrogen and oxygen atoms in total. The zero-order chi connectivity index (χ0) is 7.94. The number of allylic oxidation sites excluding steroid dienone is 1. The number of hydrogen-bond donors (Lipinski definition) is 0. The fourth-order valence-corrected chi connectivity index (χ4v) is 0.676. The summed E-state index contributed by atoms with van der Waals surface area (Å²) in [5, 5.41) is 3.66. The van der Waals surface area contributed by atoms with Crippen molar-refractivity contribution < 1.29 is 9.32 Å². The van der Waals surface area contributed by atoms with Crippen molar-refractivity contribution >= 4 is 12.4 Å². The summed E-state index contributed by atoms with van der Waals surface area (Å²) in [5.41, 5.74) is 0.788. The molecule has 0 amide bonds. The maximum Gasteiger partial charge on any atom is 0.124 e. The third-order valence-corrected chi connectivity index (χ3v) is 1.20. The minimum Gasteiger partial charge on any atom is -0.364 e. The number of carbonyl (C=O) groups excluding carboxylic acids is 1. The minimum atomic E-state index is 0.564. The number of unbranched alkanes of at least 4 members (excludes halogenated alkanes) is 1. The molecule has 0 aliphatic carbocycles. The largest absolute Gasteiger partial charge is 0.364 e. The first kappa shape index (κ1) is 7.72. The Morgan fingerprint density at radius 3 is 3.09 bits per heavy atom. The van der Waals surface area contributed by atoms with Gasteiger partial charge >= 0.3 is 0 Å². The molecule has 1 aromatic rings. The van der Waals surface area contributed by atoms with Crippen molar-refractivity contribution in [3.8, 4) is 0 Å². The van der Waals surface area contributed by atoms with E-state index in [1.807, 2.05) is 12.2 Å². The van der Waals surface area contributed by atoms with Crippen molar-refractivity contribution in [2.24, 2.45) is 0 Å². The van der Waals surface area contributed by atoms with Gasteiger partial charge in [0, 0.05) is 12.5 Å². The normalized spacial score (nSPS) is 10.5. The van der Waals surface area contributed by atoms with Gasteiger partial charge in [0.1, 0.15) is 18.2 Å². The predicted octanol–water partition coefficient (Wildman–Crippen LogP) is 1.67. The van der Waals surface area contributed by atoms with Crippen LogP contribution in [0.15, 0.2) is 22.9 Å². The van der Waals surface area contributed by atoms with Crippen LogP contribution in [0, 0.1) is 0 Å². The Bertz CT molecular complexity index is 226. The first-order valence-electron chi connectivity index (χ1n) is 3.44. The van der Waals surface area contributed by atoms with Gasteiger partial charge in [-0.05, 0) is 12.5 Å². The molecular formula is C8H9NO2. The van der Waals surface area contributed by atoms with Crippen LogP contribution >= 0.6 is 0 Å².